The molecule has 0 bridgehead atoms. The second kappa shape index (κ2) is 7.61. The van der Waals surface area contributed by atoms with E-state index in [1.54, 1.807) is 13.0 Å². The smallest absolute Gasteiger partial charge is 0.242 e. The van der Waals surface area contributed by atoms with Crippen LogP contribution < -0.4 is 15.4 Å². The predicted octanol–water partition coefficient (Wildman–Crippen LogP) is 2.55. The fourth-order valence-electron chi connectivity index (χ4n) is 1.61. The molecular formula is C14H21FN2O2. The molecule has 1 amide bonds. The highest BCUT2D eigenvalue weighted by molar-refractivity contribution is 5.84. The van der Waals surface area contributed by atoms with Gasteiger partial charge in [0.2, 0.25) is 5.91 Å². The number of hydrogen-bond donors (Lipinski definition) is 2. The summed E-state index contributed by atoms with van der Waals surface area (Å²) in [5.74, 6) is -0.339. The fraction of sp³-hybridized carbons (Fsp3) is 0.500. The highest BCUT2D eigenvalue weighted by Gasteiger charge is 2.12. The Labute approximate surface area is 113 Å². The Morgan fingerprint density at radius 3 is 2.84 bits per heavy atom. The Morgan fingerprint density at radius 1 is 1.47 bits per heavy atom. The van der Waals surface area contributed by atoms with Crippen LogP contribution in [0, 0.1) is 5.82 Å². The summed E-state index contributed by atoms with van der Waals surface area (Å²) in [6, 6.07) is 4.04. The van der Waals surface area contributed by atoms with Crippen LogP contribution in [0.5, 0.6) is 5.75 Å². The standard InChI is InChI=1S/C14H21FN2O2/c1-4-5-8-16-14(18)10(2)17-11-6-7-12(15)13(9-11)19-3/h6-7,9-10,17H,4-5,8H2,1-3H3,(H,16,18). The third kappa shape index (κ3) is 4.77. The summed E-state index contributed by atoms with van der Waals surface area (Å²) in [4.78, 5) is 11.8. The van der Waals surface area contributed by atoms with Gasteiger partial charge in [-0.1, -0.05) is 13.3 Å². The molecule has 1 unspecified atom stereocenters. The minimum absolute atomic E-state index is 0.0725. The molecule has 0 heterocycles. The van der Waals surface area contributed by atoms with Crippen molar-refractivity contribution in [2.24, 2.45) is 0 Å². The molecule has 0 aliphatic heterocycles. The Hall–Kier alpha value is -1.78. The average Bonchev–Trinajstić information content (AvgIpc) is 2.41. The van der Waals surface area contributed by atoms with Gasteiger partial charge >= 0.3 is 0 Å². The zero-order chi connectivity index (χ0) is 14.3. The second-order valence-electron chi connectivity index (χ2n) is 4.36. The van der Waals surface area contributed by atoms with Gasteiger partial charge in [0, 0.05) is 18.3 Å². The van der Waals surface area contributed by atoms with E-state index < -0.39 is 5.82 Å². The molecule has 0 spiro atoms. The Kier molecular flexibility index (Phi) is 6.12. The molecule has 0 aliphatic carbocycles. The third-order valence-corrected chi connectivity index (χ3v) is 2.76. The van der Waals surface area contributed by atoms with Crippen LogP contribution >= 0.6 is 0 Å². The van der Waals surface area contributed by atoms with Crippen LogP contribution in [-0.4, -0.2) is 25.6 Å². The Bertz CT molecular complexity index is 424. The molecule has 1 aromatic carbocycles. The lowest BCUT2D eigenvalue weighted by Gasteiger charge is -2.16. The van der Waals surface area contributed by atoms with Gasteiger partial charge < -0.3 is 15.4 Å². The summed E-state index contributed by atoms with van der Waals surface area (Å²) >= 11 is 0. The van der Waals surface area contributed by atoms with Crippen LogP contribution in [0.2, 0.25) is 0 Å². The first-order valence-corrected chi connectivity index (χ1v) is 6.46. The molecule has 19 heavy (non-hydrogen) atoms. The molecule has 106 valence electrons. The van der Waals surface area contributed by atoms with E-state index in [0.717, 1.165) is 12.8 Å². The predicted molar refractivity (Wildman–Crippen MR) is 74.0 cm³/mol. The minimum Gasteiger partial charge on any atom is -0.494 e. The lowest BCUT2D eigenvalue weighted by atomic mass is 10.2. The monoisotopic (exact) mass is 268 g/mol. The van der Waals surface area contributed by atoms with E-state index in [1.165, 1.54) is 19.2 Å². The first-order valence-electron chi connectivity index (χ1n) is 6.46. The number of rotatable bonds is 7. The first kappa shape index (κ1) is 15.3. The first-order chi connectivity index (χ1) is 9.08. The number of benzene rings is 1. The molecule has 4 nitrogen and oxygen atoms in total. The summed E-state index contributed by atoms with van der Waals surface area (Å²) in [5.41, 5.74) is 0.649. The summed E-state index contributed by atoms with van der Waals surface area (Å²) < 4.78 is 18.1. The number of carbonyl (C=O) groups excluding carboxylic acids is 1. The normalized spacial score (nSPS) is 11.8. The molecule has 0 fully saturated rings. The van der Waals surface area contributed by atoms with Crippen molar-refractivity contribution in [3.63, 3.8) is 0 Å². The van der Waals surface area contributed by atoms with Gasteiger partial charge in [0.1, 0.15) is 6.04 Å². The summed E-state index contributed by atoms with van der Waals surface area (Å²) in [7, 11) is 1.41. The van der Waals surface area contributed by atoms with Gasteiger partial charge in [0.05, 0.1) is 7.11 Å². The zero-order valence-electron chi connectivity index (χ0n) is 11.6. The number of halogens is 1. The number of amides is 1. The molecule has 1 rings (SSSR count). The maximum Gasteiger partial charge on any atom is 0.242 e. The average molecular weight is 268 g/mol. The van der Waals surface area contributed by atoms with Crippen molar-refractivity contribution in [3.8, 4) is 5.75 Å². The van der Waals surface area contributed by atoms with Crippen molar-refractivity contribution in [2.45, 2.75) is 32.7 Å². The molecule has 0 aliphatic rings. The van der Waals surface area contributed by atoms with E-state index >= 15 is 0 Å². The van der Waals surface area contributed by atoms with E-state index in [2.05, 4.69) is 17.6 Å². The van der Waals surface area contributed by atoms with Crippen LogP contribution in [0.4, 0.5) is 10.1 Å². The van der Waals surface area contributed by atoms with Crippen LogP contribution in [0.25, 0.3) is 0 Å². The number of ether oxygens (including phenoxy) is 1. The number of nitrogens with one attached hydrogen (secondary N) is 2. The van der Waals surface area contributed by atoms with Gasteiger partial charge in [0.25, 0.3) is 0 Å². The Morgan fingerprint density at radius 2 is 2.21 bits per heavy atom. The van der Waals surface area contributed by atoms with E-state index in [4.69, 9.17) is 4.74 Å². The van der Waals surface area contributed by atoms with Gasteiger partial charge in [0.15, 0.2) is 11.6 Å². The van der Waals surface area contributed by atoms with Crippen molar-refractivity contribution in [1.82, 2.24) is 5.32 Å². The quantitative estimate of drug-likeness (QED) is 0.747. The number of methoxy groups -OCH3 is 1. The van der Waals surface area contributed by atoms with E-state index in [-0.39, 0.29) is 17.7 Å². The lowest BCUT2D eigenvalue weighted by molar-refractivity contribution is -0.121. The van der Waals surface area contributed by atoms with Crippen molar-refractivity contribution >= 4 is 11.6 Å². The van der Waals surface area contributed by atoms with Crippen LogP contribution in [0.3, 0.4) is 0 Å². The van der Waals surface area contributed by atoms with Crippen molar-refractivity contribution in [3.05, 3.63) is 24.0 Å². The van der Waals surface area contributed by atoms with Crippen molar-refractivity contribution < 1.29 is 13.9 Å². The van der Waals surface area contributed by atoms with Crippen LogP contribution in [-0.2, 0) is 4.79 Å². The number of carbonyl (C=O) groups is 1. The second-order valence-corrected chi connectivity index (χ2v) is 4.36. The van der Waals surface area contributed by atoms with Crippen LogP contribution in [0.1, 0.15) is 26.7 Å². The lowest BCUT2D eigenvalue weighted by Crippen LogP contribution is -2.37. The van der Waals surface area contributed by atoms with Gasteiger partial charge in [-0.15, -0.1) is 0 Å². The molecule has 0 saturated heterocycles. The molecule has 0 saturated carbocycles. The third-order valence-electron chi connectivity index (χ3n) is 2.76. The zero-order valence-corrected chi connectivity index (χ0v) is 11.6. The van der Waals surface area contributed by atoms with Crippen LogP contribution in [0.15, 0.2) is 18.2 Å². The summed E-state index contributed by atoms with van der Waals surface area (Å²) in [5, 5.41) is 5.85. The van der Waals surface area contributed by atoms with Gasteiger partial charge in [-0.25, -0.2) is 4.39 Å². The van der Waals surface area contributed by atoms with Crippen molar-refractivity contribution in [1.29, 1.82) is 0 Å². The minimum atomic E-state index is -0.423. The number of anilines is 1. The number of unbranched alkanes of at least 4 members (excludes halogenated alkanes) is 1. The summed E-state index contributed by atoms with van der Waals surface area (Å²) in [6.07, 6.45) is 2.00. The fourth-order valence-corrected chi connectivity index (χ4v) is 1.61. The molecule has 0 radical (unpaired) electrons. The molecule has 0 aromatic heterocycles. The van der Waals surface area contributed by atoms with E-state index in [1.807, 2.05) is 0 Å². The highest BCUT2D eigenvalue weighted by atomic mass is 19.1. The molecule has 5 heteroatoms. The maximum absolute atomic E-state index is 13.2. The number of hydrogen-bond acceptors (Lipinski definition) is 3. The highest BCUT2D eigenvalue weighted by Crippen LogP contribution is 2.21. The van der Waals surface area contributed by atoms with E-state index in [9.17, 15) is 9.18 Å². The molecule has 1 aromatic rings. The van der Waals surface area contributed by atoms with Gasteiger partial charge in [-0.2, -0.15) is 0 Å². The molecular weight excluding hydrogens is 247 g/mol. The SMILES string of the molecule is CCCCNC(=O)C(C)Nc1ccc(F)c(OC)c1. The Balaban J connectivity index is 2.56. The van der Waals surface area contributed by atoms with Gasteiger partial charge in [-0.05, 0) is 25.5 Å². The largest absolute Gasteiger partial charge is 0.494 e. The maximum atomic E-state index is 13.2. The van der Waals surface area contributed by atoms with Gasteiger partial charge in [-0.3, -0.25) is 4.79 Å². The molecule has 2 N–H and O–H groups in total. The molecule has 1 atom stereocenters. The van der Waals surface area contributed by atoms with Crippen molar-refractivity contribution in [2.75, 3.05) is 19.0 Å². The summed E-state index contributed by atoms with van der Waals surface area (Å²) in [6.45, 7) is 4.50. The van der Waals surface area contributed by atoms with E-state index in [0.29, 0.717) is 12.2 Å². The topological polar surface area (TPSA) is 50.4 Å².